The Balaban J connectivity index is 2.20. The van der Waals surface area contributed by atoms with Crippen molar-refractivity contribution in [3.05, 3.63) is 11.6 Å². The lowest BCUT2D eigenvalue weighted by molar-refractivity contribution is -0.143. The van der Waals surface area contributed by atoms with Gasteiger partial charge in [0.2, 0.25) is 0 Å². The molecule has 0 bridgehead atoms. The molecule has 0 N–H and O–H groups in total. The molecule has 1 aliphatic rings. The van der Waals surface area contributed by atoms with Gasteiger partial charge in [-0.3, -0.25) is 4.79 Å². The highest BCUT2D eigenvalue weighted by Crippen LogP contribution is 2.27. The van der Waals surface area contributed by atoms with Crippen molar-refractivity contribution < 1.29 is 9.53 Å². The largest absolute Gasteiger partial charge is 0.466 e. The van der Waals surface area contributed by atoms with Crippen molar-refractivity contribution in [2.24, 2.45) is 5.92 Å². The molecule has 0 heterocycles. The second-order valence-corrected chi connectivity index (χ2v) is 4.96. The second kappa shape index (κ2) is 8.32. The van der Waals surface area contributed by atoms with Gasteiger partial charge in [-0.25, -0.2) is 0 Å². The van der Waals surface area contributed by atoms with Gasteiger partial charge in [-0.2, -0.15) is 0 Å². The first-order chi connectivity index (χ1) is 8.26. The summed E-state index contributed by atoms with van der Waals surface area (Å²) in [5.41, 5.74) is 1.47. The fraction of sp³-hybridized carbons (Fsp3) is 0.800. The zero-order valence-corrected chi connectivity index (χ0v) is 11.3. The van der Waals surface area contributed by atoms with Crippen LogP contribution < -0.4 is 0 Å². The summed E-state index contributed by atoms with van der Waals surface area (Å²) in [4.78, 5) is 11.5. The molecule has 0 aromatic rings. The van der Waals surface area contributed by atoms with Crippen LogP contribution in [0.25, 0.3) is 0 Å². The van der Waals surface area contributed by atoms with Crippen LogP contribution in [0.1, 0.15) is 65.2 Å². The number of allylic oxidation sites excluding steroid dienone is 2. The topological polar surface area (TPSA) is 26.3 Å². The third kappa shape index (κ3) is 5.90. The fourth-order valence-corrected chi connectivity index (χ4v) is 2.29. The molecule has 0 aromatic heterocycles. The quantitative estimate of drug-likeness (QED) is 0.376. The molecule has 0 amide bonds. The maximum Gasteiger partial charge on any atom is 0.306 e. The van der Waals surface area contributed by atoms with Crippen LogP contribution in [0.15, 0.2) is 11.6 Å². The van der Waals surface area contributed by atoms with E-state index in [1.807, 2.05) is 0 Å². The molecule has 98 valence electrons. The van der Waals surface area contributed by atoms with Gasteiger partial charge < -0.3 is 4.74 Å². The summed E-state index contributed by atoms with van der Waals surface area (Å²) in [5, 5.41) is 0. The summed E-state index contributed by atoms with van der Waals surface area (Å²) in [6, 6.07) is 0. The van der Waals surface area contributed by atoms with Crippen molar-refractivity contribution in [3.8, 4) is 0 Å². The smallest absolute Gasteiger partial charge is 0.306 e. The van der Waals surface area contributed by atoms with Gasteiger partial charge in [-0.1, -0.05) is 31.9 Å². The molecular formula is C15H26O2. The molecule has 0 radical (unpaired) electrons. The van der Waals surface area contributed by atoms with Crippen LogP contribution in [-0.2, 0) is 9.53 Å². The number of hydrogen-bond acceptors (Lipinski definition) is 2. The van der Waals surface area contributed by atoms with Crippen molar-refractivity contribution in [1.29, 1.82) is 0 Å². The van der Waals surface area contributed by atoms with Gasteiger partial charge in [0.15, 0.2) is 0 Å². The van der Waals surface area contributed by atoms with Crippen molar-refractivity contribution >= 4 is 5.97 Å². The fourth-order valence-electron chi connectivity index (χ4n) is 2.29. The molecule has 1 unspecified atom stereocenters. The Morgan fingerprint density at radius 3 is 3.00 bits per heavy atom. The molecule has 1 rings (SSSR count). The Morgan fingerprint density at radius 1 is 1.47 bits per heavy atom. The van der Waals surface area contributed by atoms with Crippen LogP contribution in [0.2, 0.25) is 0 Å². The first-order valence-corrected chi connectivity index (χ1v) is 7.11. The van der Waals surface area contributed by atoms with Crippen LogP contribution in [0.4, 0.5) is 0 Å². The second-order valence-electron chi connectivity index (χ2n) is 4.96. The van der Waals surface area contributed by atoms with Crippen LogP contribution in [0.5, 0.6) is 0 Å². The van der Waals surface area contributed by atoms with Crippen LogP contribution in [0.3, 0.4) is 0 Å². The summed E-state index contributed by atoms with van der Waals surface area (Å²) in [5.74, 6) is 0.716. The lowest BCUT2D eigenvalue weighted by atomic mass is 9.87. The van der Waals surface area contributed by atoms with E-state index < -0.39 is 0 Å². The van der Waals surface area contributed by atoms with Gasteiger partial charge in [0.25, 0.3) is 0 Å². The monoisotopic (exact) mass is 238 g/mol. The lowest BCUT2D eigenvalue weighted by Gasteiger charge is -2.19. The Morgan fingerprint density at radius 2 is 2.29 bits per heavy atom. The highest BCUT2D eigenvalue weighted by atomic mass is 16.5. The maximum absolute atomic E-state index is 11.5. The molecule has 0 aromatic carbocycles. The molecule has 0 aliphatic heterocycles. The Hall–Kier alpha value is -0.790. The minimum Gasteiger partial charge on any atom is -0.466 e. The molecule has 2 nitrogen and oxygen atoms in total. The standard InChI is InChI=1S/C15H26O2/c1-3-5-11-17-15(16)10-9-14-8-6-7-13(4-2)12-14/h12-13H,3-11H2,1-2H3. The van der Waals surface area contributed by atoms with E-state index in [2.05, 4.69) is 19.9 Å². The molecule has 17 heavy (non-hydrogen) atoms. The number of ether oxygens (including phenoxy) is 1. The number of carbonyl (C=O) groups excluding carboxylic acids is 1. The van der Waals surface area contributed by atoms with Gasteiger partial charge >= 0.3 is 5.97 Å². The van der Waals surface area contributed by atoms with Crippen molar-refractivity contribution in [2.75, 3.05) is 6.61 Å². The predicted molar refractivity (Wildman–Crippen MR) is 70.8 cm³/mol. The van der Waals surface area contributed by atoms with E-state index in [4.69, 9.17) is 4.74 Å². The molecule has 0 spiro atoms. The molecule has 1 atom stereocenters. The highest BCUT2D eigenvalue weighted by Gasteiger charge is 2.13. The summed E-state index contributed by atoms with van der Waals surface area (Å²) < 4.78 is 5.16. The summed E-state index contributed by atoms with van der Waals surface area (Å²) in [6.45, 7) is 4.93. The average molecular weight is 238 g/mol. The van der Waals surface area contributed by atoms with E-state index in [0.717, 1.165) is 25.2 Å². The number of carbonyl (C=O) groups is 1. The SMILES string of the molecule is CCCCOC(=O)CCC1=CC(CC)CCC1. The summed E-state index contributed by atoms with van der Waals surface area (Å²) >= 11 is 0. The molecule has 2 heteroatoms. The Labute approximate surface area is 105 Å². The van der Waals surface area contributed by atoms with Crippen LogP contribution >= 0.6 is 0 Å². The number of unbranched alkanes of at least 4 members (excludes halogenated alkanes) is 1. The normalized spacial score (nSPS) is 19.9. The number of esters is 1. The van der Waals surface area contributed by atoms with Gasteiger partial charge in [-0.05, 0) is 44.4 Å². The third-order valence-electron chi connectivity index (χ3n) is 3.48. The maximum atomic E-state index is 11.5. The number of hydrogen-bond donors (Lipinski definition) is 0. The van der Waals surface area contributed by atoms with Gasteiger partial charge in [0.05, 0.1) is 6.61 Å². The van der Waals surface area contributed by atoms with Crippen molar-refractivity contribution in [2.45, 2.75) is 65.2 Å². The zero-order valence-electron chi connectivity index (χ0n) is 11.3. The van der Waals surface area contributed by atoms with E-state index in [0.29, 0.717) is 13.0 Å². The molecule has 0 fully saturated rings. The van der Waals surface area contributed by atoms with Gasteiger partial charge in [-0.15, -0.1) is 0 Å². The molecular weight excluding hydrogens is 212 g/mol. The van der Waals surface area contributed by atoms with E-state index in [9.17, 15) is 4.79 Å². The van der Waals surface area contributed by atoms with Gasteiger partial charge in [0, 0.05) is 6.42 Å². The van der Waals surface area contributed by atoms with Crippen molar-refractivity contribution in [1.82, 2.24) is 0 Å². The van der Waals surface area contributed by atoms with Gasteiger partial charge in [0.1, 0.15) is 0 Å². The number of rotatable bonds is 7. The van der Waals surface area contributed by atoms with Crippen molar-refractivity contribution in [3.63, 3.8) is 0 Å². The first-order valence-electron chi connectivity index (χ1n) is 7.11. The third-order valence-corrected chi connectivity index (χ3v) is 3.48. The van der Waals surface area contributed by atoms with E-state index in [1.54, 1.807) is 0 Å². The molecule has 0 saturated carbocycles. The molecule has 1 aliphatic carbocycles. The van der Waals surface area contributed by atoms with E-state index in [1.165, 1.54) is 31.3 Å². The summed E-state index contributed by atoms with van der Waals surface area (Å²) in [6.07, 6.45) is 10.9. The van der Waals surface area contributed by atoms with Crippen LogP contribution in [0, 0.1) is 5.92 Å². The Kier molecular flexibility index (Phi) is 6.99. The minimum absolute atomic E-state index is 0.0297. The van der Waals surface area contributed by atoms with E-state index in [-0.39, 0.29) is 5.97 Å². The lowest BCUT2D eigenvalue weighted by Crippen LogP contribution is -2.08. The highest BCUT2D eigenvalue weighted by molar-refractivity contribution is 5.69. The average Bonchev–Trinajstić information content (AvgIpc) is 2.37. The predicted octanol–water partition coefficient (Wildman–Crippen LogP) is 4.25. The van der Waals surface area contributed by atoms with E-state index >= 15 is 0 Å². The zero-order chi connectivity index (χ0) is 12.5. The molecule has 0 saturated heterocycles. The minimum atomic E-state index is -0.0297. The van der Waals surface area contributed by atoms with Crippen LogP contribution in [-0.4, -0.2) is 12.6 Å². The summed E-state index contributed by atoms with van der Waals surface area (Å²) in [7, 11) is 0. The first kappa shape index (κ1) is 14.3. The Bertz CT molecular complexity index is 256.